The lowest BCUT2D eigenvalue weighted by Crippen LogP contribution is -2.07. The van der Waals surface area contributed by atoms with Crippen molar-refractivity contribution in [2.24, 2.45) is 4.99 Å². The average Bonchev–Trinajstić information content (AvgIpc) is 3.03. The normalized spacial score (nSPS) is 14.9. The molecule has 0 bridgehead atoms. The zero-order valence-electron chi connectivity index (χ0n) is 14.7. The molecule has 3 rings (SSSR count). The molecule has 0 N–H and O–H groups in total. The summed E-state index contributed by atoms with van der Waals surface area (Å²) in [4.78, 5) is 16.4. The Balaban J connectivity index is 1.94. The highest BCUT2D eigenvalue weighted by atomic mass is 79.9. The second-order valence-corrected chi connectivity index (χ2v) is 6.33. The SMILES string of the molecule is COc1cc(Br)c(/C=C2\N=C(c3cccc(OC(F)F)c3)OC2=O)cc1OC. The Kier molecular flexibility index (Phi) is 5.93. The van der Waals surface area contributed by atoms with E-state index in [1.807, 2.05) is 0 Å². The molecule has 0 atom stereocenters. The summed E-state index contributed by atoms with van der Waals surface area (Å²) >= 11 is 3.40. The van der Waals surface area contributed by atoms with E-state index in [0.29, 0.717) is 27.1 Å². The van der Waals surface area contributed by atoms with E-state index >= 15 is 0 Å². The molecule has 0 radical (unpaired) electrons. The minimum absolute atomic E-state index is 0.00688. The summed E-state index contributed by atoms with van der Waals surface area (Å²) in [5.41, 5.74) is 0.994. The molecule has 0 saturated carbocycles. The van der Waals surface area contributed by atoms with Crippen LogP contribution in [-0.4, -0.2) is 32.7 Å². The number of hydrogen-bond donors (Lipinski definition) is 0. The zero-order valence-corrected chi connectivity index (χ0v) is 16.3. The lowest BCUT2D eigenvalue weighted by atomic mass is 10.1. The van der Waals surface area contributed by atoms with Crippen LogP contribution in [0.2, 0.25) is 0 Å². The van der Waals surface area contributed by atoms with Crippen LogP contribution in [-0.2, 0) is 9.53 Å². The van der Waals surface area contributed by atoms with Crippen molar-refractivity contribution in [3.63, 3.8) is 0 Å². The molecule has 2 aromatic rings. The van der Waals surface area contributed by atoms with E-state index in [2.05, 4.69) is 25.7 Å². The fourth-order valence-electron chi connectivity index (χ4n) is 2.47. The highest BCUT2D eigenvalue weighted by Gasteiger charge is 2.25. The fraction of sp³-hybridized carbons (Fsp3) is 0.158. The minimum atomic E-state index is -2.96. The molecule has 0 amide bonds. The van der Waals surface area contributed by atoms with E-state index in [4.69, 9.17) is 14.2 Å². The number of nitrogens with zero attached hydrogens (tertiary/aromatic N) is 1. The standard InChI is InChI=1S/C19H14BrF2NO5/c1-25-15-8-11(13(20)9-16(15)26-2)7-14-18(24)28-17(23-14)10-4-3-5-12(6-10)27-19(21)22/h3-9,19H,1-2H3/b14-7-. The molecule has 9 heteroatoms. The molecular weight excluding hydrogens is 440 g/mol. The van der Waals surface area contributed by atoms with Gasteiger partial charge in [0.2, 0.25) is 5.90 Å². The van der Waals surface area contributed by atoms with Crippen molar-refractivity contribution in [1.82, 2.24) is 0 Å². The highest BCUT2D eigenvalue weighted by Crippen LogP contribution is 2.35. The third-order valence-electron chi connectivity index (χ3n) is 3.72. The second kappa shape index (κ2) is 8.39. The molecule has 1 aliphatic rings. The first kappa shape index (κ1) is 19.8. The van der Waals surface area contributed by atoms with E-state index in [0.717, 1.165) is 0 Å². The van der Waals surface area contributed by atoms with Crippen LogP contribution in [0, 0.1) is 0 Å². The van der Waals surface area contributed by atoms with Crippen molar-refractivity contribution in [2.45, 2.75) is 6.61 Å². The highest BCUT2D eigenvalue weighted by molar-refractivity contribution is 9.10. The average molecular weight is 454 g/mol. The maximum atomic E-state index is 12.4. The van der Waals surface area contributed by atoms with Crippen molar-refractivity contribution in [1.29, 1.82) is 0 Å². The summed E-state index contributed by atoms with van der Waals surface area (Å²) in [5.74, 6) is 0.256. The molecule has 0 saturated heterocycles. The predicted molar refractivity (Wildman–Crippen MR) is 101 cm³/mol. The molecule has 0 unspecified atom stereocenters. The Morgan fingerprint density at radius 1 is 1.14 bits per heavy atom. The summed E-state index contributed by atoms with van der Waals surface area (Å²) in [6, 6.07) is 9.11. The van der Waals surface area contributed by atoms with Crippen LogP contribution in [0.1, 0.15) is 11.1 Å². The van der Waals surface area contributed by atoms with Crippen molar-refractivity contribution in [3.8, 4) is 17.2 Å². The number of halogens is 3. The van der Waals surface area contributed by atoms with E-state index in [1.54, 1.807) is 18.2 Å². The van der Waals surface area contributed by atoms with E-state index in [1.165, 1.54) is 38.5 Å². The Hall–Kier alpha value is -2.94. The number of alkyl halides is 2. The van der Waals surface area contributed by atoms with Crippen LogP contribution in [0.4, 0.5) is 8.78 Å². The maximum Gasteiger partial charge on any atom is 0.387 e. The third-order valence-corrected chi connectivity index (χ3v) is 4.41. The Bertz CT molecular complexity index is 975. The molecule has 28 heavy (non-hydrogen) atoms. The van der Waals surface area contributed by atoms with E-state index in [-0.39, 0.29) is 17.3 Å². The number of benzene rings is 2. The predicted octanol–water partition coefficient (Wildman–Crippen LogP) is 4.41. The van der Waals surface area contributed by atoms with Gasteiger partial charge in [0.05, 0.1) is 14.2 Å². The largest absolute Gasteiger partial charge is 0.493 e. The summed E-state index contributed by atoms with van der Waals surface area (Å²) in [6.45, 7) is -2.96. The van der Waals surface area contributed by atoms with Crippen LogP contribution < -0.4 is 14.2 Å². The fourth-order valence-corrected chi connectivity index (χ4v) is 2.90. The third kappa shape index (κ3) is 4.30. The number of hydrogen-bond acceptors (Lipinski definition) is 6. The van der Waals surface area contributed by atoms with Crippen molar-refractivity contribution in [2.75, 3.05) is 14.2 Å². The number of carbonyl (C=O) groups excluding carboxylic acids is 1. The molecule has 0 spiro atoms. The number of ether oxygens (including phenoxy) is 4. The maximum absolute atomic E-state index is 12.4. The summed E-state index contributed by atoms with van der Waals surface area (Å²) in [5, 5.41) is 0. The molecule has 146 valence electrons. The van der Waals surface area contributed by atoms with Gasteiger partial charge in [0.15, 0.2) is 17.2 Å². The number of cyclic esters (lactones) is 1. The molecular formula is C19H14BrF2NO5. The van der Waals surface area contributed by atoms with Crippen molar-refractivity contribution < 1.29 is 32.5 Å². The second-order valence-electron chi connectivity index (χ2n) is 5.47. The van der Waals surface area contributed by atoms with Gasteiger partial charge in [-0.15, -0.1) is 0 Å². The van der Waals surface area contributed by atoms with Crippen LogP contribution in [0.25, 0.3) is 6.08 Å². The Morgan fingerprint density at radius 2 is 1.86 bits per heavy atom. The number of esters is 1. The van der Waals surface area contributed by atoms with Gasteiger partial charge < -0.3 is 18.9 Å². The molecule has 2 aromatic carbocycles. The first-order valence-corrected chi connectivity index (χ1v) is 8.70. The smallest absolute Gasteiger partial charge is 0.387 e. The van der Waals surface area contributed by atoms with E-state index < -0.39 is 12.6 Å². The number of aliphatic imine (C=N–C) groups is 1. The van der Waals surface area contributed by atoms with Gasteiger partial charge in [0, 0.05) is 10.0 Å². The molecule has 6 nitrogen and oxygen atoms in total. The van der Waals surface area contributed by atoms with Gasteiger partial charge in [-0.3, -0.25) is 0 Å². The van der Waals surface area contributed by atoms with Gasteiger partial charge in [-0.1, -0.05) is 22.0 Å². The van der Waals surface area contributed by atoms with Crippen molar-refractivity contribution >= 4 is 33.9 Å². The molecule has 1 aliphatic heterocycles. The summed E-state index contributed by atoms with van der Waals surface area (Å²) < 4.78 is 45.4. The summed E-state index contributed by atoms with van der Waals surface area (Å²) in [6.07, 6.45) is 1.51. The van der Waals surface area contributed by atoms with Crippen LogP contribution in [0.15, 0.2) is 51.6 Å². The quantitative estimate of drug-likeness (QED) is 0.478. The zero-order chi connectivity index (χ0) is 20.3. The van der Waals surface area contributed by atoms with Gasteiger partial charge in [0.25, 0.3) is 0 Å². The van der Waals surface area contributed by atoms with Gasteiger partial charge in [0.1, 0.15) is 5.75 Å². The molecule has 0 aliphatic carbocycles. The number of rotatable bonds is 6. The van der Waals surface area contributed by atoms with Crippen LogP contribution in [0.3, 0.4) is 0 Å². The molecule has 0 aromatic heterocycles. The first-order chi connectivity index (χ1) is 13.4. The molecule has 1 heterocycles. The summed E-state index contributed by atoms with van der Waals surface area (Å²) in [7, 11) is 3.01. The Labute approximate surface area is 167 Å². The Morgan fingerprint density at radius 3 is 2.54 bits per heavy atom. The lowest BCUT2D eigenvalue weighted by Gasteiger charge is -2.09. The topological polar surface area (TPSA) is 66.3 Å². The van der Waals surface area contributed by atoms with Gasteiger partial charge in [-0.05, 0) is 42.0 Å². The monoisotopic (exact) mass is 453 g/mol. The van der Waals surface area contributed by atoms with E-state index in [9.17, 15) is 13.6 Å². The van der Waals surface area contributed by atoms with Gasteiger partial charge >= 0.3 is 12.6 Å². The van der Waals surface area contributed by atoms with Gasteiger partial charge in [-0.2, -0.15) is 8.78 Å². The lowest BCUT2D eigenvalue weighted by molar-refractivity contribution is -0.129. The van der Waals surface area contributed by atoms with Gasteiger partial charge in [-0.25, -0.2) is 9.79 Å². The number of methoxy groups -OCH3 is 2. The first-order valence-electron chi connectivity index (χ1n) is 7.90. The molecule has 0 fully saturated rings. The van der Waals surface area contributed by atoms with Crippen LogP contribution in [0.5, 0.6) is 17.2 Å². The van der Waals surface area contributed by atoms with Crippen molar-refractivity contribution in [3.05, 3.63) is 57.7 Å². The number of carbonyl (C=O) groups is 1. The van der Waals surface area contributed by atoms with Crippen LogP contribution >= 0.6 is 15.9 Å². The minimum Gasteiger partial charge on any atom is -0.493 e.